The van der Waals surface area contributed by atoms with Gasteiger partial charge in [0.25, 0.3) is 0 Å². The molecule has 4 N–H and O–H groups in total. The third-order valence-corrected chi connectivity index (χ3v) is 5.72. The van der Waals surface area contributed by atoms with Crippen LogP contribution in [0.25, 0.3) is 0 Å². The van der Waals surface area contributed by atoms with Gasteiger partial charge in [-0.3, -0.25) is 19.2 Å². The van der Waals surface area contributed by atoms with Crippen molar-refractivity contribution < 1.29 is 44.0 Å². The summed E-state index contributed by atoms with van der Waals surface area (Å²) in [5, 5.41) is 29.9. The number of carboxylic acid groups (broad SMARTS) is 1. The summed E-state index contributed by atoms with van der Waals surface area (Å²) in [6.45, 7) is 8.61. The number of aliphatic hydroxyl groups excluding tert-OH is 2. The van der Waals surface area contributed by atoms with Crippen LogP contribution < -0.4 is 5.32 Å². The normalized spacial score (nSPS) is 11.7. The van der Waals surface area contributed by atoms with Gasteiger partial charge in [0.2, 0.25) is 5.91 Å². The van der Waals surface area contributed by atoms with Gasteiger partial charge in [-0.1, -0.05) is 0 Å². The molecule has 0 aromatic rings. The van der Waals surface area contributed by atoms with Crippen LogP contribution in [0.4, 0.5) is 0 Å². The van der Waals surface area contributed by atoms with Gasteiger partial charge in [0.1, 0.15) is 11.2 Å². The summed E-state index contributed by atoms with van der Waals surface area (Å²) in [6.07, 6.45) is 3.42. The quantitative estimate of drug-likeness (QED) is 0.120. The summed E-state index contributed by atoms with van der Waals surface area (Å²) in [5.74, 6) is -1.77. The lowest BCUT2D eigenvalue weighted by Gasteiger charge is -2.29. The number of hydrogen-bond acceptors (Lipinski definition) is 9. The lowest BCUT2D eigenvalue weighted by Crippen LogP contribution is -2.39. The van der Waals surface area contributed by atoms with Gasteiger partial charge in [0.05, 0.1) is 13.2 Å². The topological polar surface area (TPSA) is 163 Å². The fourth-order valence-electron chi connectivity index (χ4n) is 3.55. The zero-order valence-corrected chi connectivity index (χ0v) is 23.1. The number of carboxylic acids is 1. The van der Waals surface area contributed by atoms with E-state index in [0.29, 0.717) is 58.2 Å². The van der Waals surface area contributed by atoms with Gasteiger partial charge in [-0.2, -0.15) is 0 Å². The number of aliphatic carboxylic acids is 1. The average Bonchev–Trinajstić information content (AvgIpc) is 2.79. The molecule has 0 bridgehead atoms. The summed E-state index contributed by atoms with van der Waals surface area (Å²) in [4.78, 5) is 49.0. The first-order valence-corrected chi connectivity index (χ1v) is 13.2. The lowest BCUT2D eigenvalue weighted by atomic mass is 10.0. The van der Waals surface area contributed by atoms with Gasteiger partial charge in [-0.25, -0.2) is 0 Å². The van der Waals surface area contributed by atoms with Crippen molar-refractivity contribution >= 4 is 23.8 Å². The molecule has 11 nitrogen and oxygen atoms in total. The Morgan fingerprint density at radius 2 is 1.22 bits per heavy atom. The number of nitrogens with one attached hydrogen (secondary N) is 1. The Kier molecular flexibility index (Phi) is 17.8. The maximum atomic E-state index is 12.7. The van der Waals surface area contributed by atoms with E-state index < -0.39 is 23.1 Å². The number of hydrogen-bond donors (Lipinski definition) is 4. The number of rotatable bonds is 22. The molecule has 11 heteroatoms. The number of aliphatic hydroxyl groups is 2. The standard InChI is InChI=1S/C26H48N2O9/c1-25(2,13-15-27-16-19-29)36-23(34)11-7-5-9-21(31)28(18-20-30)17-14-26(3,4)37-24(35)12-8-6-10-22(32)33/h27,29-30H,5-20H2,1-4H3,(H,32,33). The molecule has 0 aromatic carbocycles. The van der Waals surface area contributed by atoms with Crippen LogP contribution in [0.3, 0.4) is 0 Å². The van der Waals surface area contributed by atoms with Crippen molar-refractivity contribution in [1.29, 1.82) is 0 Å². The van der Waals surface area contributed by atoms with Gasteiger partial charge in [0.15, 0.2) is 0 Å². The summed E-state index contributed by atoms with van der Waals surface area (Å²) in [7, 11) is 0. The minimum atomic E-state index is -0.898. The number of nitrogens with zero attached hydrogens (tertiary/aromatic N) is 1. The zero-order chi connectivity index (χ0) is 28.3. The molecular weight excluding hydrogens is 484 g/mol. The minimum absolute atomic E-state index is 0.0118. The second-order valence-electron chi connectivity index (χ2n) is 10.4. The zero-order valence-electron chi connectivity index (χ0n) is 23.1. The van der Waals surface area contributed by atoms with Crippen LogP contribution in [0, 0.1) is 0 Å². The predicted molar refractivity (Wildman–Crippen MR) is 138 cm³/mol. The Balaban J connectivity index is 4.38. The second-order valence-corrected chi connectivity index (χ2v) is 10.4. The maximum absolute atomic E-state index is 12.7. The van der Waals surface area contributed by atoms with Crippen LogP contribution in [0.2, 0.25) is 0 Å². The molecule has 0 saturated heterocycles. The molecule has 0 fully saturated rings. The fourth-order valence-corrected chi connectivity index (χ4v) is 3.55. The molecule has 0 aromatic heterocycles. The molecule has 1 amide bonds. The van der Waals surface area contributed by atoms with Crippen molar-refractivity contribution in [1.82, 2.24) is 10.2 Å². The van der Waals surface area contributed by atoms with E-state index in [1.165, 1.54) is 4.90 Å². The predicted octanol–water partition coefficient (Wildman–Crippen LogP) is 2.02. The SMILES string of the molecule is CC(C)(CCNCCO)OC(=O)CCCCC(=O)N(CCO)CCC(C)(C)OC(=O)CCCCC(=O)O. The molecule has 0 aliphatic heterocycles. The van der Waals surface area contributed by atoms with Crippen molar-refractivity contribution in [2.45, 2.75) is 103 Å². The highest BCUT2D eigenvalue weighted by atomic mass is 16.6. The van der Waals surface area contributed by atoms with Gasteiger partial charge in [-0.15, -0.1) is 0 Å². The van der Waals surface area contributed by atoms with Gasteiger partial charge in [-0.05, 0) is 66.3 Å². The van der Waals surface area contributed by atoms with Gasteiger partial charge in [0, 0.05) is 51.7 Å². The van der Waals surface area contributed by atoms with E-state index in [4.69, 9.17) is 19.7 Å². The monoisotopic (exact) mass is 532 g/mol. The maximum Gasteiger partial charge on any atom is 0.306 e. The largest absolute Gasteiger partial charge is 0.481 e. The van der Waals surface area contributed by atoms with Crippen LogP contribution in [0.5, 0.6) is 0 Å². The van der Waals surface area contributed by atoms with Crippen molar-refractivity contribution in [2.24, 2.45) is 0 Å². The molecule has 0 radical (unpaired) electrons. The molecule has 0 aliphatic rings. The van der Waals surface area contributed by atoms with Crippen LogP contribution in [-0.4, -0.2) is 94.6 Å². The number of ether oxygens (including phenoxy) is 2. The number of esters is 2. The molecule has 37 heavy (non-hydrogen) atoms. The molecule has 0 spiro atoms. The van der Waals surface area contributed by atoms with Crippen LogP contribution in [0.15, 0.2) is 0 Å². The third-order valence-electron chi connectivity index (χ3n) is 5.72. The van der Waals surface area contributed by atoms with Crippen molar-refractivity contribution in [3.8, 4) is 0 Å². The summed E-state index contributed by atoms with van der Waals surface area (Å²) in [5.41, 5.74) is -1.44. The highest BCUT2D eigenvalue weighted by Gasteiger charge is 2.25. The Bertz CT molecular complexity index is 696. The van der Waals surface area contributed by atoms with Crippen molar-refractivity contribution in [3.63, 3.8) is 0 Å². The van der Waals surface area contributed by atoms with Crippen LogP contribution >= 0.6 is 0 Å². The molecular formula is C26H48N2O9. The first-order chi connectivity index (χ1) is 17.3. The number of amides is 1. The molecule has 0 aliphatic carbocycles. The van der Waals surface area contributed by atoms with Crippen LogP contribution in [0.1, 0.15) is 91.9 Å². The minimum Gasteiger partial charge on any atom is -0.481 e. The lowest BCUT2D eigenvalue weighted by molar-refractivity contribution is -0.158. The van der Waals surface area contributed by atoms with E-state index in [9.17, 15) is 24.3 Å². The fraction of sp³-hybridized carbons (Fsp3) is 0.846. The van der Waals surface area contributed by atoms with E-state index >= 15 is 0 Å². The Hall–Kier alpha value is -2.24. The van der Waals surface area contributed by atoms with E-state index in [1.54, 1.807) is 13.8 Å². The van der Waals surface area contributed by atoms with Crippen molar-refractivity contribution in [3.05, 3.63) is 0 Å². The van der Waals surface area contributed by atoms with E-state index in [2.05, 4.69) is 5.32 Å². The number of carbonyl (C=O) groups excluding carboxylic acids is 3. The van der Waals surface area contributed by atoms with E-state index in [1.807, 2.05) is 13.8 Å². The summed E-state index contributed by atoms with van der Waals surface area (Å²) < 4.78 is 11.0. The molecule has 0 rings (SSSR count). The summed E-state index contributed by atoms with van der Waals surface area (Å²) >= 11 is 0. The second kappa shape index (κ2) is 18.9. The Labute approximate surface area is 220 Å². The summed E-state index contributed by atoms with van der Waals surface area (Å²) in [6, 6.07) is 0. The molecule has 0 saturated carbocycles. The molecule has 216 valence electrons. The molecule has 0 heterocycles. The highest BCUT2D eigenvalue weighted by Crippen LogP contribution is 2.19. The van der Waals surface area contributed by atoms with E-state index in [-0.39, 0.29) is 57.3 Å². The van der Waals surface area contributed by atoms with Gasteiger partial charge < -0.3 is 35.0 Å². The number of unbranched alkanes of at least 4 members (excludes halogenated alkanes) is 2. The smallest absolute Gasteiger partial charge is 0.306 e. The number of carbonyl (C=O) groups is 4. The third kappa shape index (κ3) is 19.5. The Morgan fingerprint density at radius 3 is 1.73 bits per heavy atom. The van der Waals surface area contributed by atoms with Crippen LogP contribution in [-0.2, 0) is 28.7 Å². The average molecular weight is 533 g/mol. The first kappa shape index (κ1) is 34.8. The molecule has 0 unspecified atom stereocenters. The first-order valence-electron chi connectivity index (χ1n) is 13.2. The van der Waals surface area contributed by atoms with Gasteiger partial charge >= 0.3 is 17.9 Å². The Morgan fingerprint density at radius 1 is 0.703 bits per heavy atom. The van der Waals surface area contributed by atoms with Crippen molar-refractivity contribution in [2.75, 3.05) is 39.4 Å². The molecule has 0 atom stereocenters. The van der Waals surface area contributed by atoms with E-state index in [0.717, 1.165) is 0 Å². The highest BCUT2D eigenvalue weighted by molar-refractivity contribution is 5.76.